The Morgan fingerprint density at radius 3 is 3.00 bits per heavy atom. The Bertz CT molecular complexity index is 620. The number of hydrogen-bond donors (Lipinski definition) is 2. The summed E-state index contributed by atoms with van der Waals surface area (Å²) in [6.07, 6.45) is 1.80. The number of aromatic amines is 1. The lowest BCUT2D eigenvalue weighted by atomic mass is 10.2. The van der Waals surface area contributed by atoms with Crippen molar-refractivity contribution < 1.29 is 4.52 Å². The first kappa shape index (κ1) is 10.0. The monoisotopic (exact) mass is 247 g/mol. The lowest BCUT2D eigenvalue weighted by Crippen LogP contribution is -1.86. The van der Waals surface area contributed by atoms with Gasteiger partial charge in [0, 0.05) is 6.20 Å². The van der Waals surface area contributed by atoms with Gasteiger partial charge in [0.2, 0.25) is 5.82 Å². The quantitative estimate of drug-likeness (QED) is 0.723. The van der Waals surface area contributed by atoms with Crippen molar-refractivity contribution in [1.29, 1.82) is 0 Å². The predicted octanol–water partition coefficient (Wildman–Crippen LogP) is 2.08. The number of aromatic nitrogens is 4. The van der Waals surface area contributed by atoms with E-state index in [0.29, 0.717) is 16.7 Å². The van der Waals surface area contributed by atoms with Crippen LogP contribution in [-0.2, 0) is 0 Å². The Hall–Kier alpha value is -2.15. The highest BCUT2D eigenvalue weighted by Gasteiger charge is 2.18. The molecule has 0 atom stereocenters. The largest absolute Gasteiger partial charge is 0.389 e. The van der Waals surface area contributed by atoms with Gasteiger partial charge >= 0.3 is 0 Å². The first-order valence-electron chi connectivity index (χ1n) is 4.95. The standard InChI is InChI=1S/C10H9N5OS/c1-5-7(8(11)17-15-5)10-13-9(14-16-10)6-3-2-4-12-6/h2-4,12H,11H2,1H3. The Morgan fingerprint density at radius 2 is 2.35 bits per heavy atom. The third kappa shape index (κ3) is 1.60. The normalized spacial score (nSPS) is 10.9. The van der Waals surface area contributed by atoms with Gasteiger partial charge in [-0.25, -0.2) is 0 Å². The first-order chi connectivity index (χ1) is 8.25. The van der Waals surface area contributed by atoms with Crippen molar-refractivity contribution in [1.82, 2.24) is 19.5 Å². The minimum absolute atomic E-state index is 0.401. The van der Waals surface area contributed by atoms with Crippen LogP contribution in [0.15, 0.2) is 22.9 Å². The summed E-state index contributed by atoms with van der Waals surface area (Å²) in [6.45, 7) is 1.86. The lowest BCUT2D eigenvalue weighted by Gasteiger charge is -1.91. The van der Waals surface area contributed by atoms with Crippen LogP contribution in [0.25, 0.3) is 23.0 Å². The van der Waals surface area contributed by atoms with E-state index >= 15 is 0 Å². The van der Waals surface area contributed by atoms with Gasteiger partial charge in [0.25, 0.3) is 5.89 Å². The van der Waals surface area contributed by atoms with Crippen molar-refractivity contribution in [3.63, 3.8) is 0 Å². The highest BCUT2D eigenvalue weighted by atomic mass is 32.1. The second-order valence-corrected chi connectivity index (χ2v) is 4.32. The SMILES string of the molecule is Cc1nsc(N)c1-c1nc(-c2ccc[nH]2)no1. The summed E-state index contributed by atoms with van der Waals surface area (Å²) >= 11 is 1.22. The van der Waals surface area contributed by atoms with Gasteiger partial charge in [0.05, 0.1) is 17.0 Å². The van der Waals surface area contributed by atoms with Crippen molar-refractivity contribution in [2.24, 2.45) is 0 Å². The second-order valence-electron chi connectivity index (χ2n) is 3.51. The Kier molecular flexibility index (Phi) is 2.19. The third-order valence-corrected chi connectivity index (χ3v) is 3.13. The zero-order valence-electron chi connectivity index (χ0n) is 8.97. The molecular weight excluding hydrogens is 238 g/mol. The molecule has 0 spiro atoms. The van der Waals surface area contributed by atoms with Crippen LogP contribution >= 0.6 is 11.5 Å². The number of nitrogen functional groups attached to an aromatic ring is 1. The number of aryl methyl sites for hydroxylation is 1. The van der Waals surface area contributed by atoms with Crippen molar-refractivity contribution in [3.8, 4) is 23.0 Å². The van der Waals surface area contributed by atoms with E-state index in [1.807, 2.05) is 19.1 Å². The molecule has 0 amide bonds. The van der Waals surface area contributed by atoms with Crippen LogP contribution in [0, 0.1) is 6.92 Å². The van der Waals surface area contributed by atoms with Crippen LogP contribution in [-0.4, -0.2) is 19.5 Å². The minimum atomic E-state index is 0.401. The van der Waals surface area contributed by atoms with Gasteiger partial charge in [-0.1, -0.05) is 5.16 Å². The number of nitrogens with two attached hydrogens (primary N) is 1. The molecular formula is C10H9N5OS. The molecule has 0 unspecified atom stereocenters. The van der Waals surface area contributed by atoms with E-state index < -0.39 is 0 Å². The summed E-state index contributed by atoms with van der Waals surface area (Å²) in [4.78, 5) is 7.31. The van der Waals surface area contributed by atoms with Crippen LogP contribution in [0.5, 0.6) is 0 Å². The molecule has 0 aromatic carbocycles. The van der Waals surface area contributed by atoms with Gasteiger partial charge in [-0.2, -0.15) is 9.36 Å². The molecule has 0 fully saturated rings. The molecule has 6 nitrogen and oxygen atoms in total. The zero-order valence-corrected chi connectivity index (χ0v) is 9.78. The van der Waals surface area contributed by atoms with Gasteiger partial charge in [-0.3, -0.25) is 0 Å². The summed E-state index contributed by atoms with van der Waals surface area (Å²) in [7, 11) is 0. The predicted molar refractivity (Wildman–Crippen MR) is 64.3 cm³/mol. The molecule has 3 N–H and O–H groups in total. The number of H-pyrrole nitrogens is 1. The van der Waals surface area contributed by atoms with Crippen molar-refractivity contribution in [2.45, 2.75) is 6.92 Å². The molecule has 3 aromatic heterocycles. The Balaban J connectivity index is 2.07. The van der Waals surface area contributed by atoms with Gasteiger partial charge in [0.15, 0.2) is 0 Å². The topological polar surface area (TPSA) is 93.6 Å². The molecule has 0 radical (unpaired) electrons. The fraction of sp³-hybridized carbons (Fsp3) is 0.100. The van der Waals surface area contributed by atoms with E-state index in [2.05, 4.69) is 19.5 Å². The van der Waals surface area contributed by atoms with Gasteiger partial charge in [-0.05, 0) is 30.6 Å². The maximum Gasteiger partial charge on any atom is 0.263 e. The molecule has 0 aliphatic rings. The molecule has 3 aromatic rings. The van der Waals surface area contributed by atoms with Crippen molar-refractivity contribution >= 4 is 16.5 Å². The van der Waals surface area contributed by atoms with E-state index in [0.717, 1.165) is 17.0 Å². The molecule has 0 bridgehead atoms. The maximum atomic E-state index is 5.82. The molecule has 0 aliphatic heterocycles. The van der Waals surface area contributed by atoms with Crippen LogP contribution in [0.2, 0.25) is 0 Å². The Labute approximate surface area is 101 Å². The number of anilines is 1. The number of nitrogens with one attached hydrogen (secondary N) is 1. The van der Waals surface area contributed by atoms with Crippen molar-refractivity contribution in [2.75, 3.05) is 5.73 Å². The van der Waals surface area contributed by atoms with Crippen LogP contribution in [0.3, 0.4) is 0 Å². The molecule has 3 rings (SSSR count). The highest BCUT2D eigenvalue weighted by Crippen LogP contribution is 2.31. The average Bonchev–Trinajstić information content (AvgIpc) is 2.98. The molecule has 3 heterocycles. The van der Waals surface area contributed by atoms with E-state index in [4.69, 9.17) is 10.3 Å². The average molecular weight is 247 g/mol. The van der Waals surface area contributed by atoms with E-state index in [1.165, 1.54) is 11.5 Å². The van der Waals surface area contributed by atoms with Crippen LogP contribution in [0.4, 0.5) is 5.00 Å². The number of rotatable bonds is 2. The van der Waals surface area contributed by atoms with Crippen molar-refractivity contribution in [3.05, 3.63) is 24.0 Å². The molecule has 0 saturated heterocycles. The maximum absolute atomic E-state index is 5.82. The molecule has 0 aliphatic carbocycles. The summed E-state index contributed by atoms with van der Waals surface area (Å²) in [5.74, 6) is 0.911. The van der Waals surface area contributed by atoms with E-state index in [9.17, 15) is 0 Å². The third-order valence-electron chi connectivity index (χ3n) is 2.37. The minimum Gasteiger partial charge on any atom is -0.389 e. The summed E-state index contributed by atoms with van der Waals surface area (Å²) in [6, 6.07) is 3.74. The highest BCUT2D eigenvalue weighted by molar-refractivity contribution is 7.10. The fourth-order valence-corrected chi connectivity index (χ4v) is 2.20. The lowest BCUT2D eigenvalue weighted by molar-refractivity contribution is 0.432. The van der Waals surface area contributed by atoms with Gasteiger partial charge in [-0.15, -0.1) is 0 Å². The zero-order chi connectivity index (χ0) is 11.8. The smallest absolute Gasteiger partial charge is 0.263 e. The summed E-state index contributed by atoms with van der Waals surface area (Å²) in [5.41, 5.74) is 8.15. The first-order valence-corrected chi connectivity index (χ1v) is 5.72. The Morgan fingerprint density at radius 1 is 1.47 bits per heavy atom. The van der Waals surface area contributed by atoms with E-state index in [-0.39, 0.29) is 0 Å². The van der Waals surface area contributed by atoms with E-state index in [1.54, 1.807) is 6.20 Å². The van der Waals surface area contributed by atoms with Crippen LogP contribution in [0.1, 0.15) is 5.69 Å². The summed E-state index contributed by atoms with van der Waals surface area (Å²) < 4.78 is 9.35. The molecule has 0 saturated carbocycles. The number of hydrogen-bond acceptors (Lipinski definition) is 6. The van der Waals surface area contributed by atoms with Crippen LogP contribution < -0.4 is 5.73 Å². The van der Waals surface area contributed by atoms with Gasteiger partial charge in [0.1, 0.15) is 5.00 Å². The molecule has 7 heteroatoms. The fourth-order valence-electron chi connectivity index (χ4n) is 1.55. The second kappa shape index (κ2) is 3.70. The molecule has 17 heavy (non-hydrogen) atoms. The number of nitrogens with zero attached hydrogens (tertiary/aromatic N) is 3. The van der Waals surface area contributed by atoms with Gasteiger partial charge < -0.3 is 15.2 Å². The molecule has 86 valence electrons. The summed E-state index contributed by atoms with van der Waals surface area (Å²) in [5, 5.41) is 4.49.